The van der Waals surface area contributed by atoms with E-state index in [1.165, 1.54) is 0 Å². The first-order valence-corrected chi connectivity index (χ1v) is 6.89. The second kappa shape index (κ2) is 4.21. The summed E-state index contributed by atoms with van der Waals surface area (Å²) in [6, 6.07) is -0.447. The molecule has 0 spiro atoms. The van der Waals surface area contributed by atoms with E-state index in [0.717, 1.165) is 30.6 Å². The third-order valence-electron chi connectivity index (χ3n) is 4.19. The predicted octanol–water partition coefficient (Wildman–Crippen LogP) is 0.660. The third kappa shape index (κ3) is 1.89. The van der Waals surface area contributed by atoms with Crippen LogP contribution in [0.5, 0.6) is 0 Å². The van der Waals surface area contributed by atoms with E-state index in [1.54, 1.807) is 6.92 Å². The molecule has 6 heteroatoms. The van der Waals surface area contributed by atoms with Gasteiger partial charge in [0.15, 0.2) is 0 Å². The summed E-state index contributed by atoms with van der Waals surface area (Å²) < 4.78 is 4.81. The van der Waals surface area contributed by atoms with E-state index in [4.69, 9.17) is 4.74 Å². The Morgan fingerprint density at radius 1 is 1.32 bits per heavy atom. The van der Waals surface area contributed by atoms with Crippen LogP contribution in [0, 0.1) is 11.8 Å². The molecule has 104 valence electrons. The summed E-state index contributed by atoms with van der Waals surface area (Å²) >= 11 is 0. The Morgan fingerprint density at radius 3 is 2.37 bits per heavy atom. The predicted molar refractivity (Wildman–Crippen MR) is 65.1 cm³/mol. The van der Waals surface area contributed by atoms with E-state index in [9.17, 15) is 14.4 Å². The van der Waals surface area contributed by atoms with Crippen LogP contribution in [-0.2, 0) is 14.3 Å². The van der Waals surface area contributed by atoms with Crippen molar-refractivity contribution in [1.82, 2.24) is 10.2 Å². The van der Waals surface area contributed by atoms with Gasteiger partial charge in [-0.15, -0.1) is 0 Å². The van der Waals surface area contributed by atoms with Crippen molar-refractivity contribution in [3.63, 3.8) is 0 Å². The van der Waals surface area contributed by atoms with Gasteiger partial charge in [-0.3, -0.25) is 14.5 Å². The van der Waals surface area contributed by atoms with Gasteiger partial charge >= 0.3 is 12.0 Å². The number of amides is 3. The fraction of sp³-hybridized carbons (Fsp3) is 0.769. The van der Waals surface area contributed by atoms with Crippen LogP contribution in [0.1, 0.15) is 32.6 Å². The summed E-state index contributed by atoms with van der Waals surface area (Å²) in [5, 5.41) is 2.87. The normalized spacial score (nSPS) is 25.4. The SMILES string of the molecule is CCOC(=O)CN1C(=O)NC(C2CC2)(C2CC2)C1=O. The lowest BCUT2D eigenvalue weighted by molar-refractivity contribution is -0.147. The summed E-state index contributed by atoms with van der Waals surface area (Å²) in [6.45, 7) is 1.67. The summed E-state index contributed by atoms with van der Waals surface area (Å²) in [7, 11) is 0. The quantitative estimate of drug-likeness (QED) is 0.586. The highest BCUT2D eigenvalue weighted by atomic mass is 16.5. The summed E-state index contributed by atoms with van der Waals surface area (Å²) in [4.78, 5) is 37.1. The highest BCUT2D eigenvalue weighted by Crippen LogP contribution is 2.54. The lowest BCUT2D eigenvalue weighted by Crippen LogP contribution is -2.51. The number of hydrogen-bond donors (Lipinski definition) is 1. The lowest BCUT2D eigenvalue weighted by atomic mass is 9.87. The van der Waals surface area contributed by atoms with Crippen LogP contribution in [0.15, 0.2) is 0 Å². The molecule has 6 nitrogen and oxygen atoms in total. The number of carbonyl (C=O) groups excluding carboxylic acids is 3. The fourth-order valence-electron chi connectivity index (χ4n) is 3.06. The summed E-state index contributed by atoms with van der Waals surface area (Å²) in [6.07, 6.45) is 3.93. The van der Waals surface area contributed by atoms with Crippen LogP contribution in [0.3, 0.4) is 0 Å². The van der Waals surface area contributed by atoms with Crippen molar-refractivity contribution in [3.05, 3.63) is 0 Å². The molecule has 0 aromatic heterocycles. The molecule has 2 aliphatic carbocycles. The van der Waals surface area contributed by atoms with Crippen LogP contribution in [0.2, 0.25) is 0 Å². The molecule has 1 aliphatic heterocycles. The molecule has 1 saturated heterocycles. The first-order valence-electron chi connectivity index (χ1n) is 6.89. The first kappa shape index (κ1) is 12.4. The van der Waals surface area contributed by atoms with Gasteiger partial charge in [-0.1, -0.05) is 0 Å². The number of esters is 1. The zero-order valence-corrected chi connectivity index (χ0v) is 11.0. The third-order valence-corrected chi connectivity index (χ3v) is 4.19. The minimum absolute atomic E-state index is 0.226. The molecule has 3 aliphatic rings. The van der Waals surface area contributed by atoms with Gasteiger partial charge in [-0.2, -0.15) is 0 Å². The van der Waals surface area contributed by atoms with Crippen LogP contribution in [-0.4, -0.2) is 41.5 Å². The maximum atomic E-state index is 12.6. The number of imide groups is 1. The number of urea groups is 1. The molecule has 19 heavy (non-hydrogen) atoms. The Kier molecular flexibility index (Phi) is 2.76. The molecular weight excluding hydrogens is 248 g/mol. The molecule has 0 aromatic carbocycles. The number of rotatable bonds is 5. The standard InChI is InChI=1S/C13H18N2O4/c1-2-19-10(16)7-15-11(17)13(8-3-4-8,9-5-6-9)14-12(15)18/h8-9H,2-7H2,1H3,(H,14,18). The smallest absolute Gasteiger partial charge is 0.326 e. The summed E-state index contributed by atoms with van der Waals surface area (Å²) in [5.74, 6) is -0.253. The van der Waals surface area contributed by atoms with Gasteiger partial charge < -0.3 is 10.1 Å². The Hall–Kier alpha value is -1.59. The lowest BCUT2D eigenvalue weighted by Gasteiger charge is -2.26. The maximum Gasteiger partial charge on any atom is 0.326 e. The molecule has 3 rings (SSSR count). The minimum atomic E-state index is -0.719. The molecule has 0 aromatic rings. The van der Waals surface area contributed by atoms with Gasteiger partial charge in [-0.25, -0.2) is 4.79 Å². The Morgan fingerprint density at radius 2 is 1.89 bits per heavy atom. The van der Waals surface area contributed by atoms with Crippen molar-refractivity contribution in [1.29, 1.82) is 0 Å². The Labute approximate surface area is 111 Å². The van der Waals surface area contributed by atoms with Crippen LogP contribution >= 0.6 is 0 Å². The highest BCUT2D eigenvalue weighted by molar-refractivity contribution is 6.09. The van der Waals surface area contributed by atoms with E-state index >= 15 is 0 Å². The van der Waals surface area contributed by atoms with Crippen molar-refractivity contribution < 1.29 is 19.1 Å². The van der Waals surface area contributed by atoms with Crippen molar-refractivity contribution in [3.8, 4) is 0 Å². The first-order chi connectivity index (χ1) is 9.09. The topological polar surface area (TPSA) is 75.7 Å². The largest absolute Gasteiger partial charge is 0.465 e. The average molecular weight is 266 g/mol. The Bertz CT molecular complexity index is 428. The zero-order chi connectivity index (χ0) is 13.6. The van der Waals surface area contributed by atoms with Crippen molar-refractivity contribution >= 4 is 17.9 Å². The second-order valence-electron chi connectivity index (χ2n) is 5.54. The minimum Gasteiger partial charge on any atom is -0.465 e. The van der Waals surface area contributed by atoms with E-state index in [-0.39, 0.29) is 30.9 Å². The van der Waals surface area contributed by atoms with E-state index in [1.807, 2.05) is 0 Å². The number of nitrogens with one attached hydrogen (secondary N) is 1. The number of hydrogen-bond acceptors (Lipinski definition) is 4. The Balaban J connectivity index is 1.78. The van der Waals surface area contributed by atoms with Gasteiger partial charge in [0, 0.05) is 0 Å². The van der Waals surface area contributed by atoms with E-state index in [0.29, 0.717) is 0 Å². The molecule has 0 radical (unpaired) electrons. The number of carbonyl (C=O) groups is 3. The molecule has 0 unspecified atom stereocenters. The molecule has 1 heterocycles. The summed E-state index contributed by atoms with van der Waals surface area (Å²) in [5.41, 5.74) is -0.719. The van der Waals surface area contributed by atoms with Gasteiger partial charge in [0.1, 0.15) is 12.1 Å². The van der Waals surface area contributed by atoms with E-state index in [2.05, 4.69) is 5.32 Å². The van der Waals surface area contributed by atoms with Gasteiger partial charge in [0.05, 0.1) is 6.61 Å². The molecule has 3 amide bonds. The molecular formula is C13H18N2O4. The second-order valence-corrected chi connectivity index (χ2v) is 5.54. The van der Waals surface area contributed by atoms with Gasteiger partial charge in [0.25, 0.3) is 5.91 Å². The molecule has 0 bridgehead atoms. The van der Waals surface area contributed by atoms with Gasteiger partial charge in [-0.05, 0) is 44.4 Å². The number of ether oxygens (including phenoxy) is 1. The maximum absolute atomic E-state index is 12.6. The molecule has 2 saturated carbocycles. The highest BCUT2D eigenvalue weighted by Gasteiger charge is 2.65. The van der Waals surface area contributed by atoms with Crippen molar-refractivity contribution in [2.24, 2.45) is 11.8 Å². The van der Waals surface area contributed by atoms with Crippen molar-refractivity contribution in [2.45, 2.75) is 38.1 Å². The molecule has 1 N–H and O–H groups in total. The number of nitrogens with zero attached hydrogens (tertiary/aromatic N) is 1. The van der Waals surface area contributed by atoms with Crippen LogP contribution < -0.4 is 5.32 Å². The average Bonchev–Trinajstić information content (AvgIpc) is 3.25. The van der Waals surface area contributed by atoms with Crippen LogP contribution in [0.4, 0.5) is 4.79 Å². The van der Waals surface area contributed by atoms with E-state index < -0.39 is 17.5 Å². The molecule has 3 fully saturated rings. The van der Waals surface area contributed by atoms with Crippen molar-refractivity contribution in [2.75, 3.05) is 13.2 Å². The monoisotopic (exact) mass is 266 g/mol. The van der Waals surface area contributed by atoms with Crippen LogP contribution in [0.25, 0.3) is 0 Å². The molecule has 0 atom stereocenters. The van der Waals surface area contributed by atoms with Gasteiger partial charge in [0.2, 0.25) is 0 Å². The zero-order valence-electron chi connectivity index (χ0n) is 11.0. The fourth-order valence-corrected chi connectivity index (χ4v) is 3.06.